The molecule has 260 valence electrons. The Hall–Kier alpha value is -5.03. The minimum atomic E-state index is -0.0895. The van der Waals surface area contributed by atoms with Crippen LogP contribution < -0.4 is 4.90 Å². The van der Waals surface area contributed by atoms with Gasteiger partial charge in [-0.2, -0.15) is 0 Å². The minimum Gasteiger partial charge on any atom is -0.327 e. The summed E-state index contributed by atoms with van der Waals surface area (Å²) in [6.45, 7) is 10.1. The van der Waals surface area contributed by atoms with Gasteiger partial charge in [0.15, 0.2) is 0 Å². The Bertz CT molecular complexity index is 2380. The Morgan fingerprint density at radius 2 is 0.846 bits per heavy atom. The maximum atomic E-state index is 5.95. The first-order valence-corrected chi connectivity index (χ1v) is 19.6. The number of aliphatic imine (C=N–C) groups is 1. The lowest BCUT2D eigenvalue weighted by molar-refractivity contribution is 0.0354. The fourth-order valence-electron chi connectivity index (χ4n) is 11.8. The number of guanidine groups is 1. The number of anilines is 1. The molecule has 2 saturated carbocycles. The van der Waals surface area contributed by atoms with Gasteiger partial charge in [-0.1, -0.05) is 98.5 Å². The van der Waals surface area contributed by atoms with Crippen molar-refractivity contribution in [1.82, 2.24) is 14.0 Å². The van der Waals surface area contributed by atoms with Gasteiger partial charge in [-0.05, 0) is 95.8 Å². The van der Waals surface area contributed by atoms with Gasteiger partial charge >= 0.3 is 0 Å². The molecule has 4 heterocycles. The molecule has 2 aliphatic carbocycles. The summed E-state index contributed by atoms with van der Waals surface area (Å²) in [7, 11) is 0. The highest BCUT2D eigenvalue weighted by molar-refractivity contribution is 6.11. The van der Waals surface area contributed by atoms with Gasteiger partial charge in [-0.15, -0.1) is 0 Å². The second kappa shape index (κ2) is 10.3. The molecule has 1 saturated heterocycles. The van der Waals surface area contributed by atoms with E-state index in [9.17, 15) is 0 Å². The molecule has 52 heavy (non-hydrogen) atoms. The number of hydrogen-bond acceptors (Lipinski definition) is 3. The van der Waals surface area contributed by atoms with Crippen LogP contribution >= 0.6 is 0 Å². The van der Waals surface area contributed by atoms with Gasteiger partial charge in [0.05, 0.1) is 55.6 Å². The monoisotopic (exact) mass is 681 g/mol. The molecule has 2 aliphatic heterocycles. The van der Waals surface area contributed by atoms with E-state index in [1.165, 1.54) is 118 Å². The van der Waals surface area contributed by atoms with Gasteiger partial charge in [-0.25, -0.2) is 4.99 Å². The minimum absolute atomic E-state index is 0.0435. The Balaban J connectivity index is 1.25. The summed E-state index contributed by atoms with van der Waals surface area (Å²) in [5.41, 5.74) is 8.30. The van der Waals surface area contributed by atoms with Crippen molar-refractivity contribution in [1.29, 1.82) is 0 Å². The first kappa shape index (κ1) is 30.6. The summed E-state index contributed by atoms with van der Waals surface area (Å²) in [5, 5.41) is 5.14. The van der Waals surface area contributed by atoms with Gasteiger partial charge in [0.2, 0.25) is 5.96 Å². The van der Waals surface area contributed by atoms with Crippen molar-refractivity contribution in [3.8, 4) is 11.4 Å². The fourth-order valence-corrected chi connectivity index (χ4v) is 11.8. The fraction of sp³-hybridized carbons (Fsp3) is 0.340. The molecule has 4 aliphatic rings. The van der Waals surface area contributed by atoms with Crippen LogP contribution in [0.5, 0.6) is 0 Å². The zero-order chi connectivity index (χ0) is 35.0. The van der Waals surface area contributed by atoms with E-state index < -0.39 is 0 Å². The number of rotatable bonds is 3. The van der Waals surface area contributed by atoms with E-state index >= 15 is 0 Å². The quantitative estimate of drug-likeness (QED) is 0.186. The van der Waals surface area contributed by atoms with Crippen LogP contribution in [0.1, 0.15) is 79.1 Å². The van der Waals surface area contributed by atoms with Gasteiger partial charge in [-0.3, -0.25) is 0 Å². The molecule has 0 atom stereocenters. The zero-order valence-electron chi connectivity index (χ0n) is 30.9. The molecule has 0 unspecified atom stereocenters. The molecule has 0 amide bonds. The largest absolute Gasteiger partial charge is 0.327 e. The number of benzene rings is 5. The molecular weight excluding hydrogens is 635 g/mol. The standard InChI is InChI=1S/C47H47N5/c1-44(2)46(25-13-14-26-46)48-43-51(47(27-15-16-28-47)45(3,4)52(43)44)34-30-32(49-39-21-9-5-17-35(39)36-18-6-10-22-40(36)49)29-33(31-34)50-41-23-11-7-19-37(41)38-20-8-12-24-42(38)50/h5-12,17-24,29-31H,13-16,25-28H2,1-4H3. The lowest BCUT2D eigenvalue weighted by Crippen LogP contribution is -2.64. The lowest BCUT2D eigenvalue weighted by Gasteiger charge is -2.52. The van der Waals surface area contributed by atoms with Gasteiger partial charge in [0, 0.05) is 27.2 Å². The average Bonchev–Trinajstić information content (AvgIpc) is 3.99. The number of aromatic nitrogens is 2. The third-order valence-corrected chi connectivity index (χ3v) is 14.2. The molecule has 11 rings (SSSR count). The van der Waals surface area contributed by atoms with E-state index in [0.717, 1.165) is 0 Å². The predicted molar refractivity (Wildman–Crippen MR) is 217 cm³/mol. The second-order valence-electron chi connectivity index (χ2n) is 17.1. The Morgan fingerprint density at radius 1 is 0.462 bits per heavy atom. The highest BCUT2D eigenvalue weighted by Gasteiger charge is 2.71. The molecule has 5 nitrogen and oxygen atoms in total. The molecule has 3 fully saturated rings. The maximum Gasteiger partial charge on any atom is 0.203 e. The molecule has 0 N–H and O–H groups in total. The number of nitrogens with zero attached hydrogens (tertiary/aromatic N) is 5. The Labute approximate surface area is 306 Å². The lowest BCUT2D eigenvalue weighted by atomic mass is 9.71. The van der Waals surface area contributed by atoms with E-state index in [2.05, 4.69) is 162 Å². The van der Waals surface area contributed by atoms with Gasteiger partial charge < -0.3 is 18.9 Å². The third-order valence-electron chi connectivity index (χ3n) is 14.2. The molecule has 5 aromatic carbocycles. The molecule has 2 aromatic heterocycles. The number of fused-ring (bicyclic) bond motifs is 7. The van der Waals surface area contributed by atoms with E-state index in [0.29, 0.717) is 0 Å². The van der Waals surface area contributed by atoms with Crippen molar-refractivity contribution < 1.29 is 0 Å². The summed E-state index contributed by atoms with van der Waals surface area (Å²) in [6, 6.07) is 43.1. The topological polar surface area (TPSA) is 28.7 Å². The summed E-state index contributed by atoms with van der Waals surface area (Å²) in [4.78, 5) is 11.5. The Morgan fingerprint density at radius 3 is 1.29 bits per heavy atom. The average molecular weight is 682 g/mol. The zero-order valence-corrected chi connectivity index (χ0v) is 30.9. The molecular formula is C47H47N5. The third kappa shape index (κ3) is 3.67. The summed E-state index contributed by atoms with van der Waals surface area (Å²) in [6.07, 6.45) is 9.71. The van der Waals surface area contributed by atoms with Crippen LogP contribution in [0.4, 0.5) is 5.69 Å². The van der Waals surface area contributed by atoms with Gasteiger partial charge in [0.25, 0.3) is 0 Å². The summed E-state index contributed by atoms with van der Waals surface area (Å²) in [5.74, 6) is 1.20. The van der Waals surface area contributed by atoms with Crippen LogP contribution in [0.3, 0.4) is 0 Å². The van der Waals surface area contributed by atoms with Crippen molar-refractivity contribution in [3.05, 3.63) is 115 Å². The molecule has 0 radical (unpaired) electrons. The first-order valence-electron chi connectivity index (χ1n) is 19.6. The highest BCUT2D eigenvalue weighted by Crippen LogP contribution is 2.61. The number of para-hydroxylation sites is 4. The van der Waals surface area contributed by atoms with Crippen molar-refractivity contribution in [2.24, 2.45) is 4.99 Å². The molecule has 5 heteroatoms. The van der Waals surface area contributed by atoms with Crippen LogP contribution in [-0.2, 0) is 0 Å². The predicted octanol–water partition coefficient (Wildman–Crippen LogP) is 11.6. The molecule has 2 spiro atoms. The maximum absolute atomic E-state index is 5.95. The molecule has 7 aromatic rings. The Kier molecular flexibility index (Phi) is 6.06. The highest BCUT2D eigenvalue weighted by atomic mass is 15.6. The van der Waals surface area contributed by atoms with Crippen molar-refractivity contribution in [2.45, 2.75) is 101 Å². The van der Waals surface area contributed by atoms with E-state index in [-0.39, 0.29) is 22.2 Å². The normalized spacial score (nSPS) is 21.1. The van der Waals surface area contributed by atoms with Gasteiger partial charge in [0.1, 0.15) is 0 Å². The second-order valence-corrected chi connectivity index (χ2v) is 17.1. The van der Waals surface area contributed by atoms with Crippen LogP contribution in [0.2, 0.25) is 0 Å². The number of hydrogen-bond donors (Lipinski definition) is 0. The SMILES string of the molecule is CC1(C)N2C(=NC13CCCC3)N(c1cc(-n3c4ccccc4c4ccccc43)cc(-n3c4ccccc4c4ccccc43)c1)C1(CCCC1)C2(C)C. The van der Waals surface area contributed by atoms with E-state index in [4.69, 9.17) is 4.99 Å². The van der Waals surface area contributed by atoms with E-state index in [1.807, 2.05) is 0 Å². The van der Waals surface area contributed by atoms with Crippen molar-refractivity contribution >= 4 is 55.3 Å². The summed E-state index contributed by atoms with van der Waals surface area (Å²) >= 11 is 0. The first-order chi connectivity index (χ1) is 25.3. The van der Waals surface area contributed by atoms with Crippen LogP contribution in [-0.4, -0.2) is 42.1 Å². The molecule has 0 bridgehead atoms. The van der Waals surface area contributed by atoms with Crippen LogP contribution in [0.15, 0.2) is 120 Å². The van der Waals surface area contributed by atoms with E-state index in [1.54, 1.807) is 0 Å². The van der Waals surface area contributed by atoms with Crippen molar-refractivity contribution in [2.75, 3.05) is 4.90 Å². The smallest absolute Gasteiger partial charge is 0.203 e. The van der Waals surface area contributed by atoms with Crippen molar-refractivity contribution in [3.63, 3.8) is 0 Å². The van der Waals surface area contributed by atoms with Crippen LogP contribution in [0, 0.1) is 0 Å². The van der Waals surface area contributed by atoms with Crippen LogP contribution in [0.25, 0.3) is 55.0 Å². The summed E-state index contributed by atoms with van der Waals surface area (Å²) < 4.78 is 5.01.